The lowest BCUT2D eigenvalue weighted by Gasteiger charge is -2.25. The van der Waals surface area contributed by atoms with E-state index in [1.807, 2.05) is 6.92 Å². The highest BCUT2D eigenvalue weighted by atomic mass is 35.5. The third-order valence-electron chi connectivity index (χ3n) is 4.38. The zero-order chi connectivity index (χ0) is 15.0. The van der Waals surface area contributed by atoms with Crippen molar-refractivity contribution in [1.29, 1.82) is 0 Å². The van der Waals surface area contributed by atoms with Gasteiger partial charge in [-0.2, -0.15) is 0 Å². The maximum absolute atomic E-state index is 6.28. The Morgan fingerprint density at radius 3 is 2.29 bits per heavy atom. The fourth-order valence-electron chi connectivity index (χ4n) is 2.70. The molecule has 0 spiro atoms. The van der Waals surface area contributed by atoms with Gasteiger partial charge in [-0.1, -0.05) is 56.1 Å². The topological polar surface area (TPSA) is 25.8 Å². The van der Waals surface area contributed by atoms with Gasteiger partial charge in [0.2, 0.25) is 0 Å². The van der Waals surface area contributed by atoms with E-state index in [-0.39, 0.29) is 5.92 Å². The van der Waals surface area contributed by atoms with Crippen LogP contribution in [0.25, 0.3) is 11.3 Å². The lowest BCUT2D eigenvalue weighted by atomic mass is 9.80. The third-order valence-corrected chi connectivity index (χ3v) is 4.75. The van der Waals surface area contributed by atoms with E-state index in [0.717, 1.165) is 28.6 Å². The first-order valence-electron chi connectivity index (χ1n) is 7.70. The van der Waals surface area contributed by atoms with Gasteiger partial charge in [0.05, 0.1) is 5.69 Å². The van der Waals surface area contributed by atoms with Gasteiger partial charge >= 0.3 is 0 Å². The monoisotopic (exact) mass is 300 g/mol. The van der Waals surface area contributed by atoms with Gasteiger partial charge in [0.25, 0.3) is 0 Å². The summed E-state index contributed by atoms with van der Waals surface area (Å²) in [6, 6.07) is 8.82. The van der Waals surface area contributed by atoms with Gasteiger partial charge < -0.3 is 0 Å². The van der Waals surface area contributed by atoms with Crippen molar-refractivity contribution in [2.45, 2.75) is 51.9 Å². The van der Waals surface area contributed by atoms with Gasteiger partial charge in [-0.25, -0.2) is 9.97 Å². The molecule has 0 saturated heterocycles. The van der Waals surface area contributed by atoms with E-state index in [1.54, 1.807) is 0 Å². The van der Waals surface area contributed by atoms with Crippen molar-refractivity contribution in [3.63, 3.8) is 0 Å². The standard InChI is InChI=1S/C18H21ClN2/c1-11(2)18-20-16(12(3)17(19)21-18)15-9-7-14(8-10-15)13-5-4-6-13/h7-11,13H,4-6H2,1-3H3. The van der Waals surface area contributed by atoms with Crippen molar-refractivity contribution in [1.82, 2.24) is 9.97 Å². The molecule has 0 radical (unpaired) electrons. The van der Waals surface area contributed by atoms with E-state index < -0.39 is 0 Å². The molecule has 1 saturated carbocycles. The second kappa shape index (κ2) is 5.76. The number of rotatable bonds is 3. The number of nitrogens with zero attached hydrogens (tertiary/aromatic N) is 2. The Hall–Kier alpha value is -1.41. The van der Waals surface area contributed by atoms with Crippen LogP contribution in [0.2, 0.25) is 5.15 Å². The van der Waals surface area contributed by atoms with E-state index in [1.165, 1.54) is 24.8 Å². The van der Waals surface area contributed by atoms with Crippen LogP contribution in [0.1, 0.15) is 61.9 Å². The molecule has 1 aliphatic carbocycles. The molecular weight excluding hydrogens is 280 g/mol. The summed E-state index contributed by atoms with van der Waals surface area (Å²) in [5.74, 6) is 1.85. The predicted octanol–water partition coefficient (Wildman–Crippen LogP) is 5.50. The summed E-state index contributed by atoms with van der Waals surface area (Å²) in [5, 5.41) is 0.562. The summed E-state index contributed by atoms with van der Waals surface area (Å²) in [4.78, 5) is 9.10. The second-order valence-electron chi connectivity index (χ2n) is 6.25. The highest BCUT2D eigenvalue weighted by Crippen LogP contribution is 2.37. The largest absolute Gasteiger partial charge is 0.232 e. The Bertz CT molecular complexity index is 643. The SMILES string of the molecule is Cc1c(Cl)nc(C(C)C)nc1-c1ccc(C2CCC2)cc1. The first-order chi connectivity index (χ1) is 10.1. The first kappa shape index (κ1) is 14.5. The Labute approximate surface area is 131 Å². The molecule has 0 amide bonds. The van der Waals surface area contributed by atoms with Crippen molar-refractivity contribution in [2.24, 2.45) is 0 Å². The van der Waals surface area contributed by atoms with E-state index in [4.69, 9.17) is 16.6 Å². The van der Waals surface area contributed by atoms with Crippen LogP contribution in [0.5, 0.6) is 0 Å². The summed E-state index contributed by atoms with van der Waals surface area (Å²) in [6.45, 7) is 6.16. The van der Waals surface area contributed by atoms with E-state index in [0.29, 0.717) is 5.15 Å². The fraction of sp³-hybridized carbons (Fsp3) is 0.444. The van der Waals surface area contributed by atoms with Crippen molar-refractivity contribution in [3.05, 3.63) is 46.4 Å². The number of hydrogen-bond donors (Lipinski definition) is 0. The van der Waals surface area contributed by atoms with Crippen LogP contribution in [-0.4, -0.2) is 9.97 Å². The molecule has 1 heterocycles. The lowest BCUT2D eigenvalue weighted by Crippen LogP contribution is -2.08. The Morgan fingerprint density at radius 2 is 1.76 bits per heavy atom. The van der Waals surface area contributed by atoms with Gasteiger partial charge in [0.15, 0.2) is 0 Å². The zero-order valence-electron chi connectivity index (χ0n) is 12.9. The van der Waals surface area contributed by atoms with Crippen LogP contribution < -0.4 is 0 Å². The van der Waals surface area contributed by atoms with Crippen molar-refractivity contribution in [2.75, 3.05) is 0 Å². The first-order valence-corrected chi connectivity index (χ1v) is 8.08. The molecule has 21 heavy (non-hydrogen) atoms. The molecule has 1 fully saturated rings. The molecule has 2 aromatic rings. The molecule has 3 rings (SSSR count). The Morgan fingerprint density at radius 1 is 1.10 bits per heavy atom. The Kier molecular flexibility index (Phi) is 3.99. The van der Waals surface area contributed by atoms with Crippen LogP contribution in [0, 0.1) is 6.92 Å². The lowest BCUT2D eigenvalue weighted by molar-refractivity contribution is 0.420. The maximum Gasteiger partial charge on any atom is 0.136 e. The third kappa shape index (κ3) is 2.82. The molecule has 110 valence electrons. The minimum atomic E-state index is 0.274. The van der Waals surface area contributed by atoms with Gasteiger partial charge in [-0.05, 0) is 31.2 Å². The van der Waals surface area contributed by atoms with Gasteiger partial charge in [0.1, 0.15) is 11.0 Å². The number of benzene rings is 1. The molecule has 0 atom stereocenters. The molecular formula is C18H21ClN2. The van der Waals surface area contributed by atoms with Crippen LogP contribution in [-0.2, 0) is 0 Å². The van der Waals surface area contributed by atoms with Crippen LogP contribution in [0.3, 0.4) is 0 Å². The van der Waals surface area contributed by atoms with Crippen molar-refractivity contribution in [3.8, 4) is 11.3 Å². The molecule has 0 bridgehead atoms. The zero-order valence-corrected chi connectivity index (χ0v) is 13.6. The van der Waals surface area contributed by atoms with Gasteiger partial charge in [-0.15, -0.1) is 0 Å². The fourth-order valence-corrected chi connectivity index (χ4v) is 2.88. The quantitative estimate of drug-likeness (QED) is 0.700. The molecule has 3 heteroatoms. The summed E-state index contributed by atoms with van der Waals surface area (Å²) in [6.07, 6.45) is 4.02. The molecule has 1 aliphatic rings. The van der Waals surface area contributed by atoms with Crippen molar-refractivity contribution < 1.29 is 0 Å². The number of hydrogen-bond acceptors (Lipinski definition) is 2. The Balaban J connectivity index is 1.98. The number of aromatic nitrogens is 2. The minimum Gasteiger partial charge on any atom is -0.232 e. The summed E-state index contributed by atoms with van der Waals surface area (Å²) in [7, 11) is 0. The van der Waals surface area contributed by atoms with Crippen LogP contribution in [0.15, 0.2) is 24.3 Å². The van der Waals surface area contributed by atoms with E-state index in [2.05, 4.69) is 43.1 Å². The number of halogens is 1. The molecule has 0 N–H and O–H groups in total. The maximum atomic E-state index is 6.28. The normalized spacial score (nSPS) is 15.3. The molecule has 2 nitrogen and oxygen atoms in total. The van der Waals surface area contributed by atoms with E-state index >= 15 is 0 Å². The van der Waals surface area contributed by atoms with Gasteiger partial charge in [0, 0.05) is 17.0 Å². The smallest absolute Gasteiger partial charge is 0.136 e. The molecule has 0 aliphatic heterocycles. The summed E-state index contributed by atoms with van der Waals surface area (Å²) >= 11 is 6.28. The van der Waals surface area contributed by atoms with E-state index in [9.17, 15) is 0 Å². The molecule has 0 unspecified atom stereocenters. The molecule has 1 aromatic heterocycles. The molecule has 1 aromatic carbocycles. The van der Waals surface area contributed by atoms with Crippen LogP contribution >= 0.6 is 11.6 Å². The summed E-state index contributed by atoms with van der Waals surface area (Å²) in [5.41, 5.74) is 4.49. The summed E-state index contributed by atoms with van der Waals surface area (Å²) < 4.78 is 0. The van der Waals surface area contributed by atoms with Gasteiger partial charge in [-0.3, -0.25) is 0 Å². The van der Waals surface area contributed by atoms with Crippen LogP contribution in [0.4, 0.5) is 0 Å². The highest BCUT2D eigenvalue weighted by Gasteiger charge is 2.19. The minimum absolute atomic E-state index is 0.274. The van der Waals surface area contributed by atoms with Crippen molar-refractivity contribution >= 4 is 11.6 Å². The second-order valence-corrected chi connectivity index (χ2v) is 6.61. The average molecular weight is 301 g/mol. The average Bonchev–Trinajstić information content (AvgIpc) is 2.40. The predicted molar refractivity (Wildman–Crippen MR) is 87.9 cm³/mol. The highest BCUT2D eigenvalue weighted by molar-refractivity contribution is 6.30.